The number of rotatable bonds is 6. The van der Waals surface area contributed by atoms with Crippen molar-refractivity contribution < 1.29 is 23.8 Å². The Kier molecular flexibility index (Phi) is 4.55. The van der Waals surface area contributed by atoms with E-state index >= 15 is 0 Å². The molecule has 0 amide bonds. The Labute approximate surface area is 101 Å². The first-order chi connectivity index (χ1) is 7.85. The molecule has 1 rings (SSSR count). The van der Waals surface area contributed by atoms with E-state index in [-0.39, 0.29) is 11.4 Å². The minimum absolute atomic E-state index is 0.158. The van der Waals surface area contributed by atoms with Crippen molar-refractivity contribution in [1.29, 1.82) is 0 Å². The average Bonchev–Trinajstić information content (AvgIpc) is 2.60. The molecule has 1 heterocycles. The van der Waals surface area contributed by atoms with Crippen LogP contribution >= 0.6 is 11.3 Å². The molecular weight excluding hydrogens is 252 g/mol. The Hall–Kier alpha value is -1.05. The van der Waals surface area contributed by atoms with Crippen LogP contribution in [0.5, 0.6) is 0 Å². The Morgan fingerprint density at radius 3 is 2.71 bits per heavy atom. The van der Waals surface area contributed by atoms with Gasteiger partial charge in [0, 0.05) is 11.4 Å². The summed E-state index contributed by atoms with van der Waals surface area (Å²) in [6.45, 7) is 0.0493. The normalized spacial score (nSPS) is 11.8. The lowest BCUT2D eigenvalue weighted by Gasteiger charge is -2.13. The van der Waals surface area contributed by atoms with E-state index in [1.54, 1.807) is 6.92 Å². The first-order valence-electron chi connectivity index (χ1n) is 4.88. The van der Waals surface area contributed by atoms with Crippen molar-refractivity contribution in [2.45, 2.75) is 19.4 Å². The van der Waals surface area contributed by atoms with Gasteiger partial charge in [0.15, 0.2) is 0 Å². The van der Waals surface area contributed by atoms with Gasteiger partial charge in [-0.25, -0.2) is 13.6 Å². The number of aliphatic hydroxyl groups excluding tert-OH is 1. The molecule has 0 spiro atoms. The summed E-state index contributed by atoms with van der Waals surface area (Å²) in [5.74, 6) is -4.18. The predicted octanol–water partition coefficient (Wildman–Crippen LogP) is 1.47. The topological polar surface area (TPSA) is 69.6 Å². The van der Waals surface area contributed by atoms with Crippen LogP contribution in [-0.4, -0.2) is 35.3 Å². The van der Waals surface area contributed by atoms with Crippen molar-refractivity contribution >= 4 is 17.3 Å². The SMILES string of the molecule is Cc1sc(C(=O)O)cc1CNCC(F)(F)CO. The van der Waals surface area contributed by atoms with E-state index in [9.17, 15) is 13.6 Å². The molecule has 0 radical (unpaired) electrons. The number of aromatic carboxylic acids is 1. The number of aliphatic hydroxyl groups is 1. The summed E-state index contributed by atoms with van der Waals surface area (Å²) in [6, 6.07) is 1.46. The van der Waals surface area contributed by atoms with E-state index < -0.39 is 25.0 Å². The quantitative estimate of drug-likeness (QED) is 0.728. The monoisotopic (exact) mass is 265 g/mol. The minimum atomic E-state index is -3.15. The molecule has 0 saturated carbocycles. The van der Waals surface area contributed by atoms with Gasteiger partial charge in [0.1, 0.15) is 11.5 Å². The molecule has 1 aromatic heterocycles. The summed E-state index contributed by atoms with van der Waals surface area (Å²) in [5, 5.41) is 19.6. The van der Waals surface area contributed by atoms with Gasteiger partial charge in [-0.2, -0.15) is 0 Å². The highest BCUT2D eigenvalue weighted by Crippen LogP contribution is 2.21. The second-order valence-electron chi connectivity index (χ2n) is 3.61. The van der Waals surface area contributed by atoms with Crippen LogP contribution in [0.25, 0.3) is 0 Å². The van der Waals surface area contributed by atoms with E-state index in [4.69, 9.17) is 10.2 Å². The maximum absolute atomic E-state index is 12.7. The number of thiophene rings is 1. The van der Waals surface area contributed by atoms with Crippen LogP contribution < -0.4 is 5.32 Å². The largest absolute Gasteiger partial charge is 0.477 e. The van der Waals surface area contributed by atoms with Gasteiger partial charge in [0.2, 0.25) is 0 Å². The summed E-state index contributed by atoms with van der Waals surface area (Å²) >= 11 is 1.11. The molecule has 3 N–H and O–H groups in total. The minimum Gasteiger partial charge on any atom is -0.477 e. The zero-order valence-electron chi connectivity index (χ0n) is 9.17. The highest BCUT2D eigenvalue weighted by Gasteiger charge is 2.26. The smallest absolute Gasteiger partial charge is 0.345 e. The predicted molar refractivity (Wildman–Crippen MR) is 59.8 cm³/mol. The van der Waals surface area contributed by atoms with Gasteiger partial charge >= 0.3 is 5.97 Å². The number of alkyl halides is 2. The number of hydrogen-bond donors (Lipinski definition) is 3. The third kappa shape index (κ3) is 4.03. The van der Waals surface area contributed by atoms with E-state index in [1.165, 1.54) is 6.07 Å². The molecule has 0 fully saturated rings. The lowest BCUT2D eigenvalue weighted by molar-refractivity contribution is -0.0477. The first kappa shape index (κ1) is 14.0. The van der Waals surface area contributed by atoms with Gasteiger partial charge < -0.3 is 15.5 Å². The molecule has 7 heteroatoms. The molecule has 0 aromatic carbocycles. The molecule has 0 aliphatic heterocycles. The zero-order valence-corrected chi connectivity index (χ0v) is 9.98. The van der Waals surface area contributed by atoms with Gasteiger partial charge in [-0.05, 0) is 18.6 Å². The summed E-state index contributed by atoms with van der Waals surface area (Å²) in [7, 11) is 0. The fraction of sp³-hybridized carbons (Fsp3) is 0.500. The molecular formula is C10H13F2NO3S. The van der Waals surface area contributed by atoms with Crippen LogP contribution in [0.1, 0.15) is 20.1 Å². The number of nitrogens with one attached hydrogen (secondary N) is 1. The van der Waals surface area contributed by atoms with Crippen molar-refractivity contribution in [2.24, 2.45) is 0 Å². The van der Waals surface area contributed by atoms with Gasteiger partial charge in [-0.1, -0.05) is 0 Å². The second kappa shape index (κ2) is 5.52. The van der Waals surface area contributed by atoms with Crippen molar-refractivity contribution in [1.82, 2.24) is 5.32 Å². The van der Waals surface area contributed by atoms with E-state index in [2.05, 4.69) is 5.32 Å². The van der Waals surface area contributed by atoms with Gasteiger partial charge in [0.05, 0.1) is 6.54 Å². The van der Waals surface area contributed by atoms with Crippen LogP contribution in [0.2, 0.25) is 0 Å². The Balaban J connectivity index is 2.55. The summed E-state index contributed by atoms with van der Waals surface area (Å²) in [5.41, 5.74) is 0.682. The number of hydrogen-bond acceptors (Lipinski definition) is 4. The standard InChI is InChI=1S/C10H13F2NO3S/c1-6-7(2-8(17-6)9(15)16)3-13-4-10(11,12)5-14/h2,13-14H,3-5H2,1H3,(H,15,16). The molecule has 0 atom stereocenters. The molecule has 0 aliphatic rings. The van der Waals surface area contributed by atoms with Crippen molar-refractivity contribution in [3.63, 3.8) is 0 Å². The molecule has 0 unspecified atom stereocenters. The molecule has 1 aromatic rings. The van der Waals surface area contributed by atoms with E-state index in [1.807, 2.05) is 0 Å². The number of carboxylic acid groups (broad SMARTS) is 1. The van der Waals surface area contributed by atoms with Crippen LogP contribution in [-0.2, 0) is 6.54 Å². The van der Waals surface area contributed by atoms with Crippen LogP contribution in [0, 0.1) is 6.92 Å². The second-order valence-corrected chi connectivity index (χ2v) is 4.87. The lowest BCUT2D eigenvalue weighted by atomic mass is 10.2. The first-order valence-corrected chi connectivity index (χ1v) is 5.69. The molecule has 0 aliphatic carbocycles. The molecule has 96 valence electrons. The average molecular weight is 265 g/mol. The summed E-state index contributed by atoms with van der Waals surface area (Å²) in [4.78, 5) is 11.7. The Morgan fingerprint density at radius 1 is 1.59 bits per heavy atom. The Bertz CT molecular complexity index is 406. The van der Waals surface area contributed by atoms with Gasteiger partial charge in [0.25, 0.3) is 5.92 Å². The van der Waals surface area contributed by atoms with Crippen LogP contribution in [0.3, 0.4) is 0 Å². The molecule has 4 nitrogen and oxygen atoms in total. The third-order valence-electron chi connectivity index (χ3n) is 2.16. The van der Waals surface area contributed by atoms with Gasteiger partial charge in [-0.3, -0.25) is 0 Å². The summed E-state index contributed by atoms with van der Waals surface area (Å²) < 4.78 is 25.4. The van der Waals surface area contributed by atoms with Crippen molar-refractivity contribution in [2.75, 3.05) is 13.2 Å². The number of aryl methyl sites for hydroxylation is 1. The maximum Gasteiger partial charge on any atom is 0.345 e. The van der Waals surface area contributed by atoms with Crippen molar-refractivity contribution in [3.8, 4) is 0 Å². The number of carboxylic acids is 1. The van der Waals surface area contributed by atoms with Gasteiger partial charge in [-0.15, -0.1) is 11.3 Å². The fourth-order valence-electron chi connectivity index (χ4n) is 1.24. The highest BCUT2D eigenvalue weighted by atomic mass is 32.1. The summed E-state index contributed by atoms with van der Waals surface area (Å²) in [6.07, 6.45) is 0. The van der Waals surface area contributed by atoms with E-state index in [0.29, 0.717) is 5.56 Å². The third-order valence-corrected chi connectivity index (χ3v) is 3.24. The molecule has 17 heavy (non-hydrogen) atoms. The van der Waals surface area contributed by atoms with E-state index in [0.717, 1.165) is 16.2 Å². The zero-order chi connectivity index (χ0) is 13.1. The Morgan fingerprint density at radius 2 is 2.24 bits per heavy atom. The molecule has 0 saturated heterocycles. The number of carbonyl (C=O) groups is 1. The van der Waals surface area contributed by atoms with Crippen LogP contribution in [0.15, 0.2) is 6.07 Å². The lowest BCUT2D eigenvalue weighted by Crippen LogP contribution is -2.35. The fourth-order valence-corrected chi connectivity index (χ4v) is 2.12. The van der Waals surface area contributed by atoms with Crippen LogP contribution in [0.4, 0.5) is 8.78 Å². The maximum atomic E-state index is 12.7. The highest BCUT2D eigenvalue weighted by molar-refractivity contribution is 7.14. The number of halogens is 2. The van der Waals surface area contributed by atoms with Crippen molar-refractivity contribution in [3.05, 3.63) is 21.4 Å². The molecule has 0 bridgehead atoms.